The van der Waals surface area contributed by atoms with E-state index in [0.29, 0.717) is 26.4 Å². The van der Waals surface area contributed by atoms with Crippen molar-refractivity contribution in [1.29, 1.82) is 0 Å². The Bertz CT molecular complexity index is 1080. The quantitative estimate of drug-likeness (QED) is 0.315. The lowest BCUT2D eigenvalue weighted by Crippen LogP contribution is -2.30. The Kier molecular flexibility index (Phi) is 6.35. The van der Waals surface area contributed by atoms with Gasteiger partial charge >= 0.3 is 5.97 Å². The first-order chi connectivity index (χ1) is 13.8. The van der Waals surface area contributed by atoms with Gasteiger partial charge in [0.05, 0.1) is 16.2 Å². The van der Waals surface area contributed by atoms with Gasteiger partial charge in [0.2, 0.25) is 0 Å². The van der Waals surface area contributed by atoms with Gasteiger partial charge in [-0.1, -0.05) is 24.3 Å². The molecule has 0 bridgehead atoms. The SMILES string of the molecule is C[C@H](OC(=O)c1ccccc1Br)C(=O)Nc1nc(-c2cccc([N+](=O)[O-])c2)cs1. The van der Waals surface area contributed by atoms with Crippen LogP contribution in [0, 0.1) is 10.1 Å². The van der Waals surface area contributed by atoms with Crippen molar-refractivity contribution < 1.29 is 19.2 Å². The van der Waals surface area contributed by atoms with Crippen LogP contribution >= 0.6 is 27.3 Å². The second kappa shape index (κ2) is 8.93. The monoisotopic (exact) mass is 475 g/mol. The molecule has 0 saturated heterocycles. The zero-order valence-electron chi connectivity index (χ0n) is 15.0. The number of nitrogens with one attached hydrogen (secondary N) is 1. The number of anilines is 1. The van der Waals surface area contributed by atoms with Crippen LogP contribution in [0.2, 0.25) is 0 Å². The molecule has 3 rings (SSSR count). The van der Waals surface area contributed by atoms with Gasteiger partial charge in [0, 0.05) is 27.5 Å². The highest BCUT2D eigenvalue weighted by molar-refractivity contribution is 9.10. The Morgan fingerprint density at radius 2 is 2.00 bits per heavy atom. The number of halogens is 1. The van der Waals surface area contributed by atoms with E-state index in [-0.39, 0.29) is 5.69 Å². The number of thiazole rings is 1. The van der Waals surface area contributed by atoms with E-state index in [4.69, 9.17) is 4.74 Å². The fraction of sp³-hybridized carbons (Fsp3) is 0.105. The van der Waals surface area contributed by atoms with Crippen LogP contribution in [0.25, 0.3) is 11.3 Å². The van der Waals surface area contributed by atoms with Gasteiger partial charge in [0.25, 0.3) is 11.6 Å². The molecule has 8 nitrogen and oxygen atoms in total. The summed E-state index contributed by atoms with van der Waals surface area (Å²) in [5.41, 5.74) is 1.32. The van der Waals surface area contributed by atoms with Gasteiger partial charge in [0.15, 0.2) is 11.2 Å². The molecule has 1 amide bonds. The molecule has 1 N–H and O–H groups in total. The van der Waals surface area contributed by atoms with E-state index in [1.54, 1.807) is 41.8 Å². The lowest BCUT2D eigenvalue weighted by molar-refractivity contribution is -0.384. The number of amides is 1. The summed E-state index contributed by atoms with van der Waals surface area (Å²) in [6, 6.07) is 12.8. The lowest BCUT2D eigenvalue weighted by Gasteiger charge is -2.13. The molecule has 29 heavy (non-hydrogen) atoms. The third-order valence-corrected chi connectivity index (χ3v) is 5.28. The number of carbonyl (C=O) groups excluding carboxylic acids is 2. The lowest BCUT2D eigenvalue weighted by atomic mass is 10.1. The number of aromatic nitrogens is 1. The summed E-state index contributed by atoms with van der Waals surface area (Å²) in [4.78, 5) is 39.2. The minimum Gasteiger partial charge on any atom is -0.449 e. The average molecular weight is 476 g/mol. The highest BCUT2D eigenvalue weighted by atomic mass is 79.9. The number of benzene rings is 2. The van der Waals surface area contributed by atoms with Crippen LogP contribution in [0.1, 0.15) is 17.3 Å². The van der Waals surface area contributed by atoms with E-state index in [2.05, 4.69) is 26.2 Å². The van der Waals surface area contributed by atoms with E-state index in [0.717, 1.165) is 11.3 Å². The van der Waals surface area contributed by atoms with Crippen LogP contribution in [0.5, 0.6) is 0 Å². The topological polar surface area (TPSA) is 111 Å². The summed E-state index contributed by atoms with van der Waals surface area (Å²) < 4.78 is 5.77. The minimum absolute atomic E-state index is 0.0475. The maximum atomic E-state index is 12.3. The summed E-state index contributed by atoms with van der Waals surface area (Å²) in [6.45, 7) is 1.46. The zero-order valence-corrected chi connectivity index (χ0v) is 17.4. The van der Waals surface area contributed by atoms with Crippen molar-refractivity contribution in [2.75, 3.05) is 5.32 Å². The summed E-state index contributed by atoms with van der Waals surface area (Å²) in [6.07, 6.45) is -1.04. The molecule has 2 aromatic carbocycles. The molecule has 1 heterocycles. The summed E-state index contributed by atoms with van der Waals surface area (Å²) >= 11 is 4.43. The van der Waals surface area contributed by atoms with Crippen LogP contribution < -0.4 is 5.32 Å². The largest absolute Gasteiger partial charge is 0.449 e. The predicted octanol–water partition coefficient (Wildman–Crippen LogP) is 4.66. The Labute approximate surface area is 177 Å². The van der Waals surface area contributed by atoms with Gasteiger partial charge in [-0.2, -0.15) is 0 Å². The van der Waals surface area contributed by atoms with Crippen molar-refractivity contribution in [2.45, 2.75) is 13.0 Å². The molecule has 0 aliphatic heterocycles. The average Bonchev–Trinajstić information content (AvgIpc) is 3.16. The third kappa shape index (κ3) is 5.04. The van der Waals surface area contributed by atoms with E-state index in [9.17, 15) is 19.7 Å². The molecule has 148 valence electrons. The molecule has 0 saturated carbocycles. The van der Waals surface area contributed by atoms with Crippen molar-refractivity contribution in [3.8, 4) is 11.3 Å². The van der Waals surface area contributed by atoms with E-state index in [1.165, 1.54) is 19.1 Å². The van der Waals surface area contributed by atoms with E-state index >= 15 is 0 Å². The van der Waals surface area contributed by atoms with Crippen molar-refractivity contribution in [3.05, 3.63) is 74.1 Å². The van der Waals surface area contributed by atoms with Crippen LogP contribution in [-0.2, 0) is 9.53 Å². The molecule has 0 aliphatic carbocycles. The summed E-state index contributed by atoms with van der Waals surface area (Å²) in [7, 11) is 0. The molecule has 0 radical (unpaired) electrons. The number of nitro benzene ring substituents is 1. The minimum atomic E-state index is -1.04. The number of ether oxygens (including phenoxy) is 1. The number of rotatable bonds is 6. The molecule has 0 fully saturated rings. The first kappa shape index (κ1) is 20.6. The van der Waals surface area contributed by atoms with Gasteiger partial charge in [0.1, 0.15) is 0 Å². The predicted molar refractivity (Wildman–Crippen MR) is 112 cm³/mol. The highest BCUT2D eigenvalue weighted by Crippen LogP contribution is 2.27. The highest BCUT2D eigenvalue weighted by Gasteiger charge is 2.21. The van der Waals surface area contributed by atoms with E-state index < -0.39 is 22.9 Å². The van der Waals surface area contributed by atoms with Crippen LogP contribution in [-0.4, -0.2) is 27.9 Å². The number of nitro groups is 1. The van der Waals surface area contributed by atoms with Crippen LogP contribution in [0.3, 0.4) is 0 Å². The van der Waals surface area contributed by atoms with E-state index in [1.807, 2.05) is 0 Å². The normalized spacial score (nSPS) is 11.5. The number of nitrogens with zero attached hydrogens (tertiary/aromatic N) is 2. The Morgan fingerprint density at radius 1 is 1.24 bits per heavy atom. The number of hydrogen-bond acceptors (Lipinski definition) is 7. The Balaban J connectivity index is 1.65. The smallest absolute Gasteiger partial charge is 0.340 e. The molecule has 0 spiro atoms. The standard InChI is InChI=1S/C19H14BrN3O5S/c1-11(28-18(25)14-7-2-3-8-15(14)20)17(24)22-19-21-16(10-29-19)12-5-4-6-13(9-12)23(26)27/h2-11H,1H3,(H,21,22,24)/t11-/m0/s1. The van der Waals surface area contributed by atoms with Gasteiger partial charge in [-0.25, -0.2) is 9.78 Å². The Hall–Kier alpha value is -3.11. The maximum absolute atomic E-state index is 12.3. The van der Waals surface area contributed by atoms with Gasteiger partial charge in [-0.3, -0.25) is 20.2 Å². The molecule has 10 heteroatoms. The number of esters is 1. The van der Waals surface area contributed by atoms with Crippen LogP contribution in [0.15, 0.2) is 58.4 Å². The number of non-ortho nitro benzene ring substituents is 1. The second-order valence-electron chi connectivity index (χ2n) is 5.86. The van der Waals surface area contributed by atoms with Crippen molar-refractivity contribution >= 4 is 50.0 Å². The molecule has 1 aromatic heterocycles. The molecule has 3 aromatic rings. The fourth-order valence-electron chi connectivity index (χ4n) is 2.35. The first-order valence-electron chi connectivity index (χ1n) is 8.32. The molecule has 0 unspecified atom stereocenters. The summed E-state index contributed by atoms with van der Waals surface area (Å²) in [5.74, 6) is -1.16. The third-order valence-electron chi connectivity index (χ3n) is 3.83. The first-order valence-corrected chi connectivity index (χ1v) is 9.99. The van der Waals surface area contributed by atoms with Crippen molar-refractivity contribution in [3.63, 3.8) is 0 Å². The number of carbonyl (C=O) groups is 2. The molecular weight excluding hydrogens is 462 g/mol. The molecule has 0 aliphatic rings. The van der Waals surface area contributed by atoms with Crippen molar-refractivity contribution in [1.82, 2.24) is 4.98 Å². The molecule has 1 atom stereocenters. The molecular formula is C19H14BrN3O5S. The summed E-state index contributed by atoms with van der Waals surface area (Å²) in [5, 5.41) is 15.5. The van der Waals surface area contributed by atoms with Crippen molar-refractivity contribution in [2.24, 2.45) is 0 Å². The maximum Gasteiger partial charge on any atom is 0.340 e. The van der Waals surface area contributed by atoms with Gasteiger partial charge < -0.3 is 4.74 Å². The second-order valence-corrected chi connectivity index (χ2v) is 7.57. The fourth-order valence-corrected chi connectivity index (χ4v) is 3.52. The number of hydrogen-bond donors (Lipinski definition) is 1. The van der Waals surface area contributed by atoms with Gasteiger partial charge in [-0.15, -0.1) is 11.3 Å². The van der Waals surface area contributed by atoms with Gasteiger partial charge in [-0.05, 0) is 35.0 Å². The Morgan fingerprint density at radius 3 is 2.72 bits per heavy atom. The zero-order chi connectivity index (χ0) is 21.0. The van der Waals surface area contributed by atoms with Crippen LogP contribution in [0.4, 0.5) is 10.8 Å².